The Labute approximate surface area is 76.7 Å². The van der Waals surface area contributed by atoms with E-state index >= 15 is 0 Å². The van der Waals surface area contributed by atoms with E-state index in [1.54, 1.807) is 0 Å². The van der Waals surface area contributed by atoms with Crippen molar-refractivity contribution in [3.63, 3.8) is 0 Å². The number of nitrogens with zero attached hydrogens (tertiary/aromatic N) is 2. The Kier molecular flexibility index (Phi) is 2.44. The first kappa shape index (κ1) is 8.50. The summed E-state index contributed by atoms with van der Waals surface area (Å²) < 4.78 is 4.69. The lowest BCUT2D eigenvalue weighted by atomic mass is 10.0. The molecule has 0 aromatic carbocycles. The van der Waals surface area contributed by atoms with Crippen molar-refractivity contribution in [2.75, 3.05) is 12.3 Å². The van der Waals surface area contributed by atoms with Crippen molar-refractivity contribution < 1.29 is 4.52 Å². The van der Waals surface area contributed by atoms with Crippen LogP contribution in [0.15, 0.2) is 4.52 Å². The van der Waals surface area contributed by atoms with Gasteiger partial charge in [0, 0.05) is 12.5 Å². The monoisotopic (exact) mass is 182 g/mol. The molecule has 1 atom stereocenters. The summed E-state index contributed by atoms with van der Waals surface area (Å²) in [5.41, 5.74) is 5.32. The van der Waals surface area contributed by atoms with Crippen LogP contribution in [0.25, 0.3) is 0 Å². The SMILES string of the molecule is Nc1nc(CC2CCCCN2)no1. The molecule has 0 saturated carbocycles. The predicted octanol–water partition coefficient (Wildman–Crippen LogP) is 0.336. The summed E-state index contributed by atoms with van der Waals surface area (Å²) in [5, 5.41) is 7.17. The van der Waals surface area contributed by atoms with Gasteiger partial charge in [-0.15, -0.1) is 0 Å². The van der Waals surface area contributed by atoms with Crippen LogP contribution in [0.4, 0.5) is 6.01 Å². The third-order valence-electron chi connectivity index (χ3n) is 2.33. The molecule has 5 heteroatoms. The average Bonchev–Trinajstić information content (AvgIpc) is 2.53. The van der Waals surface area contributed by atoms with Gasteiger partial charge in [0.2, 0.25) is 0 Å². The maximum Gasteiger partial charge on any atom is 0.318 e. The molecule has 0 bridgehead atoms. The third kappa shape index (κ3) is 2.18. The molecule has 72 valence electrons. The quantitative estimate of drug-likeness (QED) is 0.689. The van der Waals surface area contributed by atoms with E-state index in [2.05, 4.69) is 15.5 Å². The molecule has 0 spiro atoms. The van der Waals surface area contributed by atoms with Crippen molar-refractivity contribution in [2.24, 2.45) is 0 Å². The number of aromatic nitrogens is 2. The van der Waals surface area contributed by atoms with Gasteiger partial charge in [0.05, 0.1) is 0 Å². The Morgan fingerprint density at radius 3 is 3.08 bits per heavy atom. The summed E-state index contributed by atoms with van der Waals surface area (Å²) in [4.78, 5) is 3.96. The first-order valence-electron chi connectivity index (χ1n) is 4.66. The van der Waals surface area contributed by atoms with Gasteiger partial charge in [-0.2, -0.15) is 4.98 Å². The van der Waals surface area contributed by atoms with E-state index in [0.29, 0.717) is 11.9 Å². The fraction of sp³-hybridized carbons (Fsp3) is 0.750. The molecule has 1 fully saturated rings. The number of anilines is 1. The van der Waals surface area contributed by atoms with Gasteiger partial charge in [0.1, 0.15) is 0 Å². The minimum Gasteiger partial charge on any atom is -0.351 e. The topological polar surface area (TPSA) is 77.0 Å². The molecule has 1 unspecified atom stereocenters. The van der Waals surface area contributed by atoms with Crippen molar-refractivity contribution in [1.82, 2.24) is 15.5 Å². The maximum absolute atomic E-state index is 5.32. The highest BCUT2D eigenvalue weighted by Crippen LogP contribution is 2.11. The molecule has 13 heavy (non-hydrogen) atoms. The van der Waals surface area contributed by atoms with Crippen LogP contribution in [-0.4, -0.2) is 22.7 Å². The van der Waals surface area contributed by atoms with Crippen LogP contribution in [-0.2, 0) is 6.42 Å². The molecule has 3 N–H and O–H groups in total. The van der Waals surface area contributed by atoms with Gasteiger partial charge in [-0.25, -0.2) is 0 Å². The van der Waals surface area contributed by atoms with Gasteiger partial charge >= 0.3 is 6.01 Å². The average molecular weight is 182 g/mol. The zero-order valence-electron chi connectivity index (χ0n) is 7.49. The molecule has 0 amide bonds. The number of piperidine rings is 1. The van der Waals surface area contributed by atoms with E-state index in [9.17, 15) is 0 Å². The minimum atomic E-state index is 0.158. The second-order valence-corrected chi connectivity index (χ2v) is 3.40. The highest BCUT2D eigenvalue weighted by molar-refractivity contribution is 5.07. The van der Waals surface area contributed by atoms with Gasteiger partial charge in [0.25, 0.3) is 0 Å². The Hall–Kier alpha value is -1.10. The smallest absolute Gasteiger partial charge is 0.318 e. The second kappa shape index (κ2) is 3.74. The second-order valence-electron chi connectivity index (χ2n) is 3.40. The normalized spacial score (nSPS) is 23.2. The molecule has 0 radical (unpaired) electrons. The number of nitrogen functional groups attached to an aromatic ring is 1. The fourth-order valence-corrected chi connectivity index (χ4v) is 1.67. The summed E-state index contributed by atoms with van der Waals surface area (Å²) in [6.07, 6.45) is 4.56. The molecule has 2 rings (SSSR count). The molecule has 1 aromatic heterocycles. The van der Waals surface area contributed by atoms with Gasteiger partial charge < -0.3 is 15.6 Å². The van der Waals surface area contributed by atoms with Crippen molar-refractivity contribution >= 4 is 6.01 Å². The lowest BCUT2D eigenvalue weighted by Crippen LogP contribution is -2.35. The zero-order chi connectivity index (χ0) is 9.10. The summed E-state index contributed by atoms with van der Waals surface area (Å²) >= 11 is 0. The molecule has 1 aromatic rings. The third-order valence-corrected chi connectivity index (χ3v) is 2.33. The first-order valence-corrected chi connectivity index (χ1v) is 4.66. The van der Waals surface area contributed by atoms with Gasteiger partial charge in [-0.05, 0) is 19.4 Å². The van der Waals surface area contributed by atoms with E-state index in [1.807, 2.05) is 0 Å². The van der Waals surface area contributed by atoms with Crippen LogP contribution in [0.2, 0.25) is 0 Å². The molecule has 0 aliphatic carbocycles. The Balaban J connectivity index is 1.89. The number of nitrogens with two attached hydrogens (primary N) is 1. The lowest BCUT2D eigenvalue weighted by molar-refractivity contribution is 0.380. The van der Waals surface area contributed by atoms with Crippen LogP contribution in [0.1, 0.15) is 25.1 Å². The van der Waals surface area contributed by atoms with Gasteiger partial charge in [-0.3, -0.25) is 0 Å². The lowest BCUT2D eigenvalue weighted by Gasteiger charge is -2.21. The molecule has 2 heterocycles. The molecule has 1 saturated heterocycles. The van der Waals surface area contributed by atoms with Gasteiger partial charge in [0.15, 0.2) is 5.82 Å². The van der Waals surface area contributed by atoms with Crippen LogP contribution in [0.3, 0.4) is 0 Å². The largest absolute Gasteiger partial charge is 0.351 e. The van der Waals surface area contributed by atoms with Crippen molar-refractivity contribution in [2.45, 2.75) is 31.7 Å². The highest BCUT2D eigenvalue weighted by atomic mass is 16.5. The predicted molar refractivity (Wildman–Crippen MR) is 48.1 cm³/mol. The fourth-order valence-electron chi connectivity index (χ4n) is 1.67. The number of rotatable bonds is 2. The standard InChI is InChI=1S/C8H14N4O/c9-8-11-7(12-13-8)5-6-3-1-2-4-10-6/h6,10H,1-5H2,(H2,9,11,12). The number of nitrogens with one attached hydrogen (secondary N) is 1. The maximum atomic E-state index is 5.32. The number of hydrogen-bond acceptors (Lipinski definition) is 5. The van der Waals surface area contributed by atoms with E-state index in [4.69, 9.17) is 10.3 Å². The number of hydrogen-bond donors (Lipinski definition) is 2. The highest BCUT2D eigenvalue weighted by Gasteiger charge is 2.15. The molecule has 5 nitrogen and oxygen atoms in total. The van der Waals surface area contributed by atoms with Crippen LogP contribution in [0.5, 0.6) is 0 Å². The summed E-state index contributed by atoms with van der Waals surface area (Å²) in [7, 11) is 0. The summed E-state index contributed by atoms with van der Waals surface area (Å²) in [6.45, 7) is 1.10. The van der Waals surface area contributed by atoms with Crippen LogP contribution in [0, 0.1) is 0 Å². The summed E-state index contributed by atoms with van der Waals surface area (Å²) in [5.74, 6) is 0.705. The van der Waals surface area contributed by atoms with E-state index in [1.165, 1.54) is 19.3 Å². The molecular formula is C8H14N4O. The zero-order valence-corrected chi connectivity index (χ0v) is 7.49. The molecular weight excluding hydrogens is 168 g/mol. The van der Waals surface area contributed by atoms with E-state index in [0.717, 1.165) is 13.0 Å². The van der Waals surface area contributed by atoms with Crippen molar-refractivity contribution in [3.05, 3.63) is 5.82 Å². The molecule has 1 aliphatic rings. The Morgan fingerprint density at radius 2 is 2.46 bits per heavy atom. The van der Waals surface area contributed by atoms with E-state index < -0.39 is 0 Å². The van der Waals surface area contributed by atoms with Crippen molar-refractivity contribution in [1.29, 1.82) is 0 Å². The summed E-state index contributed by atoms with van der Waals surface area (Å²) in [6, 6.07) is 0.650. The molecule has 1 aliphatic heterocycles. The van der Waals surface area contributed by atoms with Crippen LogP contribution < -0.4 is 11.1 Å². The Morgan fingerprint density at radius 1 is 1.54 bits per heavy atom. The first-order chi connectivity index (χ1) is 6.34. The van der Waals surface area contributed by atoms with Crippen molar-refractivity contribution in [3.8, 4) is 0 Å². The van der Waals surface area contributed by atoms with Gasteiger partial charge in [-0.1, -0.05) is 11.6 Å². The van der Waals surface area contributed by atoms with E-state index in [-0.39, 0.29) is 6.01 Å². The van der Waals surface area contributed by atoms with Crippen LogP contribution >= 0.6 is 0 Å². The Bertz CT molecular complexity index is 267. The minimum absolute atomic E-state index is 0.158.